The van der Waals surface area contributed by atoms with Crippen molar-refractivity contribution < 1.29 is 9.63 Å². The van der Waals surface area contributed by atoms with Crippen LogP contribution in [0, 0.1) is 0 Å². The molecule has 3 nitrogen and oxygen atoms in total. The van der Waals surface area contributed by atoms with Crippen molar-refractivity contribution in [2.45, 2.75) is 0 Å². The Bertz CT molecular complexity index is 774. The number of benzene rings is 2. The van der Waals surface area contributed by atoms with Gasteiger partial charge in [-0.1, -0.05) is 75.7 Å². The second-order valence-electron chi connectivity index (χ2n) is 4.68. The van der Waals surface area contributed by atoms with Crippen LogP contribution in [0.5, 0.6) is 0 Å². The van der Waals surface area contributed by atoms with Gasteiger partial charge >= 0.3 is 5.97 Å². The van der Waals surface area contributed by atoms with Crippen LogP contribution in [0.15, 0.2) is 82.0 Å². The first-order valence-electron chi connectivity index (χ1n) is 6.73. The van der Waals surface area contributed by atoms with E-state index in [0.717, 1.165) is 15.6 Å². The largest absolute Gasteiger partial charge is 0.368 e. The summed E-state index contributed by atoms with van der Waals surface area (Å²) >= 11 is 3.38. The van der Waals surface area contributed by atoms with E-state index in [1.165, 1.54) is 0 Å². The number of hydrogen-bond acceptors (Lipinski definition) is 3. The maximum Gasteiger partial charge on any atom is 0.368 e. The third kappa shape index (κ3) is 3.23. The second-order valence-corrected chi connectivity index (χ2v) is 5.59. The van der Waals surface area contributed by atoms with Gasteiger partial charge in [0, 0.05) is 10.0 Å². The molecule has 1 heterocycles. The van der Waals surface area contributed by atoms with E-state index >= 15 is 0 Å². The topological polar surface area (TPSA) is 38.7 Å². The maximum atomic E-state index is 11.8. The molecule has 0 fully saturated rings. The van der Waals surface area contributed by atoms with Crippen molar-refractivity contribution in [2.24, 2.45) is 5.16 Å². The summed E-state index contributed by atoms with van der Waals surface area (Å²) in [6, 6.07) is 17.5. The summed E-state index contributed by atoms with van der Waals surface area (Å²) in [7, 11) is 0. The SMILES string of the molecule is O=C1ON=C(c2ccc(Br)cc2)/C1=C/C=C/c1ccccc1. The molecule has 0 saturated carbocycles. The Labute approximate surface area is 136 Å². The van der Waals surface area contributed by atoms with Crippen molar-refractivity contribution >= 4 is 33.7 Å². The smallest absolute Gasteiger partial charge is 0.312 e. The van der Waals surface area contributed by atoms with E-state index in [4.69, 9.17) is 4.84 Å². The molecule has 108 valence electrons. The van der Waals surface area contributed by atoms with Gasteiger partial charge in [0.25, 0.3) is 0 Å². The Hall–Kier alpha value is -2.46. The number of hydrogen-bond donors (Lipinski definition) is 0. The minimum Gasteiger partial charge on any atom is -0.312 e. The quantitative estimate of drug-likeness (QED) is 0.607. The maximum absolute atomic E-state index is 11.8. The predicted molar refractivity (Wildman–Crippen MR) is 90.3 cm³/mol. The van der Waals surface area contributed by atoms with Gasteiger partial charge in [-0.3, -0.25) is 0 Å². The molecular weight excluding hydrogens is 342 g/mol. The highest BCUT2D eigenvalue weighted by Gasteiger charge is 2.25. The van der Waals surface area contributed by atoms with E-state index in [1.54, 1.807) is 6.08 Å². The van der Waals surface area contributed by atoms with Gasteiger partial charge in [0.2, 0.25) is 0 Å². The van der Waals surface area contributed by atoms with E-state index in [-0.39, 0.29) is 0 Å². The molecule has 0 radical (unpaired) electrons. The van der Waals surface area contributed by atoms with Gasteiger partial charge < -0.3 is 4.84 Å². The van der Waals surface area contributed by atoms with Gasteiger partial charge in [0.1, 0.15) is 5.71 Å². The van der Waals surface area contributed by atoms with Crippen molar-refractivity contribution in [1.82, 2.24) is 0 Å². The zero-order valence-corrected chi connectivity index (χ0v) is 13.2. The average molecular weight is 354 g/mol. The lowest BCUT2D eigenvalue weighted by atomic mass is 10.0. The van der Waals surface area contributed by atoms with Crippen molar-refractivity contribution in [3.8, 4) is 0 Å². The molecule has 3 rings (SSSR count). The van der Waals surface area contributed by atoms with Gasteiger partial charge in [-0.2, -0.15) is 0 Å². The monoisotopic (exact) mass is 353 g/mol. The zero-order valence-electron chi connectivity index (χ0n) is 11.6. The van der Waals surface area contributed by atoms with Crippen LogP contribution in [-0.2, 0) is 9.63 Å². The van der Waals surface area contributed by atoms with E-state index in [2.05, 4.69) is 21.1 Å². The summed E-state index contributed by atoms with van der Waals surface area (Å²) in [5.41, 5.74) is 2.91. The summed E-state index contributed by atoms with van der Waals surface area (Å²) < 4.78 is 0.969. The van der Waals surface area contributed by atoms with Crippen LogP contribution >= 0.6 is 15.9 Å². The van der Waals surface area contributed by atoms with Crippen LogP contribution in [0.3, 0.4) is 0 Å². The van der Waals surface area contributed by atoms with Gasteiger partial charge in [0.05, 0.1) is 5.57 Å². The van der Waals surface area contributed by atoms with Crippen LogP contribution in [-0.4, -0.2) is 11.7 Å². The molecule has 0 saturated heterocycles. The molecule has 2 aromatic rings. The Morgan fingerprint density at radius 1 is 1.00 bits per heavy atom. The Balaban J connectivity index is 1.86. The van der Waals surface area contributed by atoms with Crippen LogP contribution in [0.4, 0.5) is 0 Å². The number of rotatable bonds is 3. The third-order valence-corrected chi connectivity index (χ3v) is 3.69. The zero-order chi connectivity index (χ0) is 15.4. The summed E-state index contributed by atoms with van der Waals surface area (Å²) in [6.45, 7) is 0. The van der Waals surface area contributed by atoms with Gasteiger partial charge in [0.15, 0.2) is 0 Å². The van der Waals surface area contributed by atoms with Crippen LogP contribution in [0.25, 0.3) is 6.08 Å². The fourth-order valence-electron chi connectivity index (χ4n) is 2.06. The minimum absolute atomic E-state index is 0.435. The molecule has 0 spiro atoms. The highest BCUT2D eigenvalue weighted by atomic mass is 79.9. The van der Waals surface area contributed by atoms with Gasteiger partial charge in [-0.05, 0) is 23.8 Å². The van der Waals surface area contributed by atoms with Gasteiger partial charge in [-0.25, -0.2) is 4.79 Å². The number of halogens is 1. The first-order valence-corrected chi connectivity index (χ1v) is 7.52. The van der Waals surface area contributed by atoms with E-state index < -0.39 is 5.97 Å². The molecular formula is C18H12BrNO2. The third-order valence-electron chi connectivity index (χ3n) is 3.16. The van der Waals surface area contributed by atoms with Crippen molar-refractivity contribution in [3.63, 3.8) is 0 Å². The summed E-state index contributed by atoms with van der Waals surface area (Å²) in [5, 5.41) is 3.87. The highest BCUT2D eigenvalue weighted by Crippen LogP contribution is 2.20. The molecule has 0 amide bonds. The molecule has 0 bridgehead atoms. The Morgan fingerprint density at radius 2 is 1.73 bits per heavy atom. The van der Waals surface area contributed by atoms with Crippen LogP contribution < -0.4 is 0 Å². The first-order chi connectivity index (χ1) is 10.7. The lowest BCUT2D eigenvalue weighted by Gasteiger charge is -1.99. The molecule has 0 atom stereocenters. The Morgan fingerprint density at radius 3 is 2.45 bits per heavy atom. The van der Waals surface area contributed by atoms with Crippen molar-refractivity contribution in [3.05, 3.63) is 87.9 Å². The highest BCUT2D eigenvalue weighted by molar-refractivity contribution is 9.10. The molecule has 1 aliphatic rings. The fraction of sp³-hybridized carbons (Fsp3) is 0. The predicted octanol–water partition coefficient (Wildman–Crippen LogP) is 4.35. The second kappa shape index (κ2) is 6.54. The number of nitrogens with zero attached hydrogens (tertiary/aromatic N) is 1. The molecule has 22 heavy (non-hydrogen) atoms. The standard InChI is InChI=1S/C18H12BrNO2/c19-15-11-9-14(10-12-15)17-16(18(21)22-20-17)8-4-7-13-5-2-1-3-6-13/h1-12H/b7-4+,16-8-. The number of allylic oxidation sites excluding steroid dienone is 2. The van der Waals surface area contributed by atoms with E-state index in [9.17, 15) is 4.79 Å². The van der Waals surface area contributed by atoms with E-state index in [0.29, 0.717) is 11.3 Å². The molecule has 2 aromatic carbocycles. The van der Waals surface area contributed by atoms with Crippen molar-refractivity contribution in [2.75, 3.05) is 0 Å². The normalized spacial score (nSPS) is 16.1. The Kier molecular flexibility index (Phi) is 4.30. The first kappa shape index (κ1) is 14.5. The lowest BCUT2D eigenvalue weighted by molar-refractivity contribution is -0.136. The lowest BCUT2D eigenvalue weighted by Crippen LogP contribution is -2.06. The number of oxime groups is 1. The van der Waals surface area contributed by atoms with Gasteiger partial charge in [-0.15, -0.1) is 0 Å². The minimum atomic E-state index is -0.435. The van der Waals surface area contributed by atoms with E-state index in [1.807, 2.05) is 66.7 Å². The molecule has 1 aliphatic heterocycles. The summed E-state index contributed by atoms with van der Waals surface area (Å²) in [4.78, 5) is 16.6. The molecule has 0 aromatic heterocycles. The van der Waals surface area contributed by atoms with Crippen LogP contribution in [0.2, 0.25) is 0 Å². The summed E-state index contributed by atoms with van der Waals surface area (Å²) in [5.74, 6) is -0.435. The molecule has 0 N–H and O–H groups in total. The molecule has 0 unspecified atom stereocenters. The number of carbonyl (C=O) groups is 1. The summed E-state index contributed by atoms with van der Waals surface area (Å²) in [6.07, 6.45) is 5.48. The number of carbonyl (C=O) groups excluding carboxylic acids is 1. The average Bonchev–Trinajstić information content (AvgIpc) is 2.90. The molecule has 0 aliphatic carbocycles. The van der Waals surface area contributed by atoms with Crippen LogP contribution in [0.1, 0.15) is 11.1 Å². The van der Waals surface area contributed by atoms with Crippen molar-refractivity contribution in [1.29, 1.82) is 0 Å². The fourth-order valence-corrected chi connectivity index (χ4v) is 2.33. The molecule has 4 heteroatoms.